The van der Waals surface area contributed by atoms with Crippen LogP contribution in [-0.4, -0.2) is 54.7 Å². The first kappa shape index (κ1) is 25.2. The number of carbonyl (C=O) groups is 2. The van der Waals surface area contributed by atoms with Crippen LogP contribution < -0.4 is 15.0 Å². The Labute approximate surface area is 230 Å². The van der Waals surface area contributed by atoms with Gasteiger partial charge in [-0.1, -0.05) is 24.3 Å². The second-order valence-electron chi connectivity index (χ2n) is 9.57. The van der Waals surface area contributed by atoms with Crippen molar-refractivity contribution in [1.82, 2.24) is 15.3 Å². The predicted molar refractivity (Wildman–Crippen MR) is 150 cm³/mol. The average Bonchev–Trinajstić information content (AvgIpc) is 3.71. The standard InChI is InChI=1S/C30H28N4O4S/c1-37-15-16-38-27-12-9-20(18-31-27)23-6-4-7-24(33-23)30(36)34-14-13-19-17-26(29(35)32-21-10-11-21)39-28(19)22-5-2-3-8-25(22)34/h2-9,12,17-18,21H,10-11,13-16H2,1H3,(H,32,35). The Morgan fingerprint density at radius 3 is 2.74 bits per heavy atom. The van der Waals surface area contributed by atoms with Crippen molar-refractivity contribution in [2.24, 2.45) is 0 Å². The largest absolute Gasteiger partial charge is 0.475 e. The maximum atomic E-state index is 13.8. The maximum Gasteiger partial charge on any atom is 0.276 e. The molecular formula is C30H28N4O4S. The molecule has 8 nitrogen and oxygen atoms in total. The number of para-hydroxylation sites is 1. The minimum atomic E-state index is -0.168. The van der Waals surface area contributed by atoms with E-state index in [4.69, 9.17) is 14.5 Å². The van der Waals surface area contributed by atoms with E-state index in [9.17, 15) is 9.59 Å². The van der Waals surface area contributed by atoms with Gasteiger partial charge in [0.1, 0.15) is 12.3 Å². The summed E-state index contributed by atoms with van der Waals surface area (Å²) in [7, 11) is 1.62. The predicted octanol–water partition coefficient (Wildman–Crippen LogP) is 4.99. The molecule has 4 heterocycles. The van der Waals surface area contributed by atoms with Crippen LogP contribution in [0.3, 0.4) is 0 Å². The van der Waals surface area contributed by atoms with Crippen LogP contribution >= 0.6 is 11.3 Å². The summed E-state index contributed by atoms with van der Waals surface area (Å²) < 4.78 is 10.5. The molecule has 2 aliphatic rings. The lowest BCUT2D eigenvalue weighted by Gasteiger charge is -2.23. The quantitative estimate of drug-likeness (QED) is 0.317. The normalized spacial score (nSPS) is 14.2. The molecular weight excluding hydrogens is 512 g/mol. The third-order valence-corrected chi connectivity index (χ3v) is 7.98. The van der Waals surface area contributed by atoms with E-state index in [1.54, 1.807) is 30.3 Å². The SMILES string of the molecule is COCCOc1ccc(-c2cccc(C(=O)N3CCc4cc(C(=O)NC5CC5)sc4-c4ccccc43)n2)cn1. The van der Waals surface area contributed by atoms with Gasteiger partial charge in [0, 0.05) is 48.0 Å². The van der Waals surface area contributed by atoms with Crippen LogP contribution in [-0.2, 0) is 11.2 Å². The fraction of sp³-hybridized carbons (Fsp3) is 0.267. The number of ether oxygens (including phenoxy) is 2. The van der Waals surface area contributed by atoms with Gasteiger partial charge in [-0.05, 0) is 55.2 Å². The van der Waals surface area contributed by atoms with Crippen molar-refractivity contribution < 1.29 is 19.1 Å². The van der Waals surface area contributed by atoms with Gasteiger partial charge in [-0.3, -0.25) is 9.59 Å². The van der Waals surface area contributed by atoms with Crippen LogP contribution in [0.4, 0.5) is 5.69 Å². The number of hydrogen-bond donors (Lipinski definition) is 1. The Morgan fingerprint density at radius 1 is 1.08 bits per heavy atom. The number of benzene rings is 1. The first-order valence-electron chi connectivity index (χ1n) is 13.0. The highest BCUT2D eigenvalue weighted by Crippen LogP contribution is 2.42. The highest BCUT2D eigenvalue weighted by Gasteiger charge is 2.29. The highest BCUT2D eigenvalue weighted by molar-refractivity contribution is 7.17. The molecule has 0 bridgehead atoms. The number of pyridine rings is 2. The van der Waals surface area contributed by atoms with Gasteiger partial charge in [0.05, 0.1) is 22.9 Å². The van der Waals surface area contributed by atoms with Crippen LogP contribution in [0, 0.1) is 0 Å². The second kappa shape index (κ2) is 11.0. The number of nitrogens with one attached hydrogen (secondary N) is 1. The molecule has 1 aliphatic heterocycles. The third-order valence-electron chi connectivity index (χ3n) is 6.77. The first-order valence-corrected chi connectivity index (χ1v) is 13.8. The zero-order valence-electron chi connectivity index (χ0n) is 21.6. The van der Waals surface area contributed by atoms with Crippen molar-refractivity contribution >= 4 is 28.8 Å². The van der Waals surface area contributed by atoms with E-state index in [-0.39, 0.29) is 11.8 Å². The number of carbonyl (C=O) groups excluding carboxylic acids is 2. The minimum Gasteiger partial charge on any atom is -0.475 e. The molecule has 0 spiro atoms. The number of hydrogen-bond acceptors (Lipinski definition) is 7. The summed E-state index contributed by atoms with van der Waals surface area (Å²) in [5.74, 6) is 0.328. The molecule has 1 fully saturated rings. The van der Waals surface area contributed by atoms with Crippen molar-refractivity contribution in [3.05, 3.63) is 83.0 Å². The number of fused-ring (bicyclic) bond motifs is 3. The molecule has 1 aliphatic carbocycles. The van der Waals surface area contributed by atoms with Crippen molar-refractivity contribution in [3.8, 4) is 27.6 Å². The summed E-state index contributed by atoms with van der Waals surface area (Å²) in [5, 5.41) is 3.08. The van der Waals surface area contributed by atoms with Gasteiger partial charge in [0.25, 0.3) is 11.8 Å². The van der Waals surface area contributed by atoms with Gasteiger partial charge in [-0.15, -0.1) is 11.3 Å². The molecule has 6 rings (SSSR count). The van der Waals surface area contributed by atoms with Gasteiger partial charge < -0.3 is 19.7 Å². The van der Waals surface area contributed by atoms with E-state index in [2.05, 4.69) is 10.3 Å². The number of methoxy groups -OCH3 is 1. The zero-order chi connectivity index (χ0) is 26.8. The topological polar surface area (TPSA) is 93.7 Å². The summed E-state index contributed by atoms with van der Waals surface area (Å²) in [6.07, 6.45) is 4.44. The second-order valence-corrected chi connectivity index (χ2v) is 10.6. The van der Waals surface area contributed by atoms with E-state index in [1.165, 1.54) is 11.3 Å². The smallest absolute Gasteiger partial charge is 0.276 e. The molecule has 1 saturated carbocycles. The van der Waals surface area contributed by atoms with E-state index < -0.39 is 0 Å². The van der Waals surface area contributed by atoms with Crippen molar-refractivity contribution in [1.29, 1.82) is 0 Å². The Bertz CT molecular complexity index is 1510. The summed E-state index contributed by atoms with van der Waals surface area (Å²) >= 11 is 1.50. The molecule has 3 aromatic heterocycles. The molecule has 0 radical (unpaired) electrons. The highest BCUT2D eigenvalue weighted by atomic mass is 32.1. The molecule has 2 amide bonds. The molecule has 0 atom stereocenters. The van der Waals surface area contributed by atoms with Crippen LogP contribution in [0.2, 0.25) is 0 Å². The van der Waals surface area contributed by atoms with Gasteiger partial charge in [0.2, 0.25) is 5.88 Å². The van der Waals surface area contributed by atoms with Crippen molar-refractivity contribution in [2.45, 2.75) is 25.3 Å². The first-order chi connectivity index (χ1) is 19.1. The minimum absolute atomic E-state index is 0.00827. The lowest BCUT2D eigenvalue weighted by molar-refractivity contribution is 0.0952. The molecule has 1 aromatic carbocycles. The summed E-state index contributed by atoms with van der Waals surface area (Å²) in [6.45, 7) is 1.40. The number of thiophene rings is 1. The number of aromatic nitrogens is 2. The van der Waals surface area contributed by atoms with Crippen LogP contribution in [0.25, 0.3) is 21.7 Å². The van der Waals surface area contributed by atoms with E-state index in [0.717, 1.165) is 45.0 Å². The number of nitrogens with zero attached hydrogens (tertiary/aromatic N) is 3. The Hall–Kier alpha value is -4.08. The molecule has 0 saturated heterocycles. The van der Waals surface area contributed by atoms with Crippen LogP contribution in [0.1, 0.15) is 38.6 Å². The van der Waals surface area contributed by atoms with Gasteiger partial charge in [0.15, 0.2) is 0 Å². The molecule has 0 unspecified atom stereocenters. The number of anilines is 1. The van der Waals surface area contributed by atoms with Gasteiger partial charge >= 0.3 is 0 Å². The fourth-order valence-electron chi connectivity index (χ4n) is 4.60. The summed E-state index contributed by atoms with van der Waals surface area (Å²) in [5.41, 5.74) is 4.67. The average molecular weight is 541 g/mol. The van der Waals surface area contributed by atoms with Gasteiger partial charge in [-0.25, -0.2) is 9.97 Å². The maximum absolute atomic E-state index is 13.8. The molecule has 1 N–H and O–H groups in total. The number of amides is 2. The Morgan fingerprint density at radius 2 is 1.95 bits per heavy atom. The third kappa shape index (κ3) is 5.41. The Kier molecular flexibility index (Phi) is 7.08. The van der Waals surface area contributed by atoms with Gasteiger partial charge in [-0.2, -0.15) is 0 Å². The fourth-order valence-corrected chi connectivity index (χ4v) is 5.75. The van der Waals surface area contributed by atoms with E-state index >= 15 is 0 Å². The number of rotatable bonds is 8. The lowest BCUT2D eigenvalue weighted by atomic mass is 10.1. The zero-order valence-corrected chi connectivity index (χ0v) is 22.4. The summed E-state index contributed by atoms with van der Waals surface area (Å²) in [6, 6.07) is 19.3. The van der Waals surface area contributed by atoms with Crippen molar-refractivity contribution in [2.75, 3.05) is 31.8 Å². The summed E-state index contributed by atoms with van der Waals surface area (Å²) in [4.78, 5) is 39.1. The van der Waals surface area contributed by atoms with E-state index in [1.807, 2.05) is 48.5 Å². The lowest BCUT2D eigenvalue weighted by Crippen LogP contribution is -2.33. The van der Waals surface area contributed by atoms with Crippen LogP contribution in [0.15, 0.2) is 66.9 Å². The molecule has 9 heteroatoms. The molecule has 198 valence electrons. The molecule has 4 aromatic rings. The van der Waals surface area contributed by atoms with Crippen LogP contribution in [0.5, 0.6) is 5.88 Å². The Balaban J connectivity index is 1.25. The van der Waals surface area contributed by atoms with E-state index in [0.29, 0.717) is 49.5 Å². The monoisotopic (exact) mass is 540 g/mol. The molecule has 39 heavy (non-hydrogen) atoms. The van der Waals surface area contributed by atoms with Crippen molar-refractivity contribution in [3.63, 3.8) is 0 Å².